The fraction of sp³-hybridized carbons (Fsp3) is 0.385. The summed E-state index contributed by atoms with van der Waals surface area (Å²) < 4.78 is 24.4. The molecule has 0 aliphatic carbocycles. The molecule has 1 aliphatic heterocycles. The minimum atomic E-state index is -3.77. The summed E-state index contributed by atoms with van der Waals surface area (Å²) in [7, 11) is -1.93. The van der Waals surface area contributed by atoms with Crippen molar-refractivity contribution in [2.75, 3.05) is 6.54 Å². The Kier molecular flexibility index (Phi) is 3.79. The van der Waals surface area contributed by atoms with Gasteiger partial charge >= 0.3 is 0 Å². The fourth-order valence-electron chi connectivity index (χ4n) is 2.71. The summed E-state index contributed by atoms with van der Waals surface area (Å²) in [6, 6.07) is 1.33. The Morgan fingerprint density at radius 2 is 2.27 bits per heavy atom. The average Bonchev–Trinajstić information content (AvgIpc) is 3.16. The summed E-state index contributed by atoms with van der Waals surface area (Å²) in [4.78, 5) is 14.4. The van der Waals surface area contributed by atoms with Gasteiger partial charge in [0, 0.05) is 30.7 Å². The third-order valence-electron chi connectivity index (χ3n) is 3.73. The largest absolute Gasteiger partial charge is 0.331 e. The topological polar surface area (TPSA) is 98.3 Å². The molecule has 1 atom stereocenters. The van der Waals surface area contributed by atoms with Crippen molar-refractivity contribution < 1.29 is 13.2 Å². The molecule has 0 spiro atoms. The number of rotatable bonds is 3. The first-order valence-corrected chi connectivity index (χ1v) is 9.20. The van der Waals surface area contributed by atoms with Crippen LogP contribution in [0.5, 0.6) is 0 Å². The number of primary sulfonamides is 1. The Morgan fingerprint density at radius 1 is 1.50 bits per heavy atom. The Labute approximate surface area is 132 Å². The van der Waals surface area contributed by atoms with E-state index in [1.807, 2.05) is 13.2 Å². The van der Waals surface area contributed by atoms with Gasteiger partial charge in [-0.3, -0.25) is 9.48 Å². The third kappa shape index (κ3) is 2.79. The van der Waals surface area contributed by atoms with Gasteiger partial charge in [0.2, 0.25) is 10.0 Å². The van der Waals surface area contributed by atoms with Crippen LogP contribution < -0.4 is 5.14 Å². The highest BCUT2D eigenvalue weighted by Crippen LogP contribution is 2.33. The van der Waals surface area contributed by atoms with Crippen molar-refractivity contribution in [1.82, 2.24) is 14.7 Å². The third-order valence-corrected chi connectivity index (χ3v) is 6.11. The molecule has 0 unspecified atom stereocenters. The molecule has 1 aliphatic rings. The number of aromatic nitrogens is 2. The lowest BCUT2D eigenvalue weighted by Crippen LogP contribution is -2.30. The normalized spacial score (nSPS) is 18.8. The van der Waals surface area contributed by atoms with E-state index in [0.29, 0.717) is 12.1 Å². The molecule has 7 nitrogen and oxygen atoms in total. The molecule has 9 heteroatoms. The van der Waals surface area contributed by atoms with Crippen LogP contribution in [0.2, 0.25) is 0 Å². The highest BCUT2D eigenvalue weighted by atomic mass is 32.2. The molecular weight excluding hydrogens is 324 g/mol. The van der Waals surface area contributed by atoms with Crippen molar-refractivity contribution in [3.05, 3.63) is 35.0 Å². The maximum absolute atomic E-state index is 12.6. The average molecular weight is 340 g/mol. The van der Waals surface area contributed by atoms with Gasteiger partial charge in [-0.05, 0) is 18.9 Å². The van der Waals surface area contributed by atoms with Gasteiger partial charge in [-0.25, -0.2) is 13.6 Å². The van der Waals surface area contributed by atoms with E-state index in [4.69, 9.17) is 5.14 Å². The van der Waals surface area contributed by atoms with Crippen LogP contribution in [-0.4, -0.2) is 35.6 Å². The van der Waals surface area contributed by atoms with Crippen LogP contribution in [0.3, 0.4) is 0 Å². The quantitative estimate of drug-likeness (QED) is 0.904. The number of carbonyl (C=O) groups is 1. The van der Waals surface area contributed by atoms with Crippen LogP contribution in [0, 0.1) is 0 Å². The molecule has 3 rings (SSSR count). The van der Waals surface area contributed by atoms with Gasteiger partial charge in [-0.1, -0.05) is 0 Å². The molecule has 3 heterocycles. The minimum absolute atomic E-state index is 0.00738. The van der Waals surface area contributed by atoms with Crippen molar-refractivity contribution in [1.29, 1.82) is 0 Å². The fourth-order valence-corrected chi connectivity index (χ4v) is 4.29. The smallest absolute Gasteiger partial charge is 0.255 e. The molecule has 0 radical (unpaired) electrons. The predicted octanol–water partition coefficient (Wildman–Crippen LogP) is 1.11. The number of amides is 1. The summed E-state index contributed by atoms with van der Waals surface area (Å²) in [6.07, 6.45) is 5.46. The molecule has 0 aromatic carbocycles. The Hall–Kier alpha value is -1.71. The van der Waals surface area contributed by atoms with Crippen molar-refractivity contribution >= 4 is 27.3 Å². The Bertz CT molecular complexity index is 809. The standard InChI is InChI=1S/C13H16N4O3S2/c1-16-7-10(6-15-16)11-3-2-4-17(11)13(18)9-5-12(21-8-9)22(14,19)20/h5-8,11H,2-4H2,1H3,(H2,14,19,20)/t11-/m1/s1. The van der Waals surface area contributed by atoms with E-state index in [2.05, 4.69) is 5.10 Å². The van der Waals surface area contributed by atoms with E-state index >= 15 is 0 Å². The molecule has 0 bridgehead atoms. The van der Waals surface area contributed by atoms with E-state index in [9.17, 15) is 13.2 Å². The van der Waals surface area contributed by atoms with E-state index in [0.717, 1.165) is 29.7 Å². The lowest BCUT2D eigenvalue weighted by atomic mass is 10.1. The molecule has 1 saturated heterocycles. The number of nitrogens with two attached hydrogens (primary N) is 1. The lowest BCUT2D eigenvalue weighted by Gasteiger charge is -2.23. The van der Waals surface area contributed by atoms with Crippen LogP contribution in [-0.2, 0) is 17.1 Å². The molecular formula is C13H16N4O3S2. The van der Waals surface area contributed by atoms with Crippen LogP contribution in [0.4, 0.5) is 0 Å². The Morgan fingerprint density at radius 3 is 2.86 bits per heavy atom. The van der Waals surface area contributed by atoms with Gasteiger partial charge in [0.1, 0.15) is 4.21 Å². The van der Waals surface area contributed by atoms with Crippen LogP contribution in [0.1, 0.15) is 34.8 Å². The van der Waals surface area contributed by atoms with Gasteiger partial charge in [-0.2, -0.15) is 5.10 Å². The number of thiophene rings is 1. The summed E-state index contributed by atoms with van der Waals surface area (Å²) in [6.45, 7) is 0.652. The van der Waals surface area contributed by atoms with Gasteiger partial charge < -0.3 is 4.90 Å². The maximum atomic E-state index is 12.6. The van der Waals surface area contributed by atoms with E-state index in [1.165, 1.54) is 6.07 Å². The number of aryl methyl sites for hydroxylation is 1. The number of sulfonamides is 1. The van der Waals surface area contributed by atoms with Crippen LogP contribution >= 0.6 is 11.3 Å². The molecule has 1 fully saturated rings. The number of carbonyl (C=O) groups excluding carboxylic acids is 1. The first kappa shape index (κ1) is 15.2. The SMILES string of the molecule is Cn1cc([C@H]2CCCN2C(=O)c2csc(S(N)(=O)=O)c2)cn1. The van der Waals surface area contributed by atoms with Gasteiger partial charge in [0.05, 0.1) is 17.8 Å². The summed E-state index contributed by atoms with van der Waals surface area (Å²) in [5, 5.41) is 10.8. The molecule has 2 aromatic rings. The van der Waals surface area contributed by atoms with Crippen molar-refractivity contribution in [2.45, 2.75) is 23.1 Å². The van der Waals surface area contributed by atoms with Gasteiger partial charge in [0.25, 0.3) is 5.91 Å². The van der Waals surface area contributed by atoms with E-state index in [-0.39, 0.29) is 16.2 Å². The Balaban J connectivity index is 1.86. The van der Waals surface area contributed by atoms with Crippen LogP contribution in [0.25, 0.3) is 0 Å². The zero-order valence-corrected chi connectivity index (χ0v) is 13.6. The molecule has 2 N–H and O–H groups in total. The van der Waals surface area contributed by atoms with E-state index < -0.39 is 10.0 Å². The number of hydrogen-bond acceptors (Lipinski definition) is 5. The molecule has 0 saturated carbocycles. The lowest BCUT2D eigenvalue weighted by molar-refractivity contribution is 0.0736. The minimum Gasteiger partial charge on any atom is -0.331 e. The zero-order chi connectivity index (χ0) is 15.9. The van der Waals surface area contributed by atoms with Crippen molar-refractivity contribution in [2.24, 2.45) is 12.2 Å². The molecule has 22 heavy (non-hydrogen) atoms. The predicted molar refractivity (Wildman–Crippen MR) is 81.9 cm³/mol. The number of likely N-dealkylation sites (tertiary alicyclic amines) is 1. The zero-order valence-electron chi connectivity index (χ0n) is 12.0. The van der Waals surface area contributed by atoms with Gasteiger partial charge in [-0.15, -0.1) is 11.3 Å². The highest BCUT2D eigenvalue weighted by Gasteiger charge is 2.32. The first-order chi connectivity index (χ1) is 10.4. The summed E-state index contributed by atoms with van der Waals surface area (Å²) >= 11 is 0.968. The second-order valence-electron chi connectivity index (χ2n) is 5.30. The van der Waals surface area contributed by atoms with Crippen molar-refractivity contribution in [3.63, 3.8) is 0 Å². The van der Waals surface area contributed by atoms with E-state index in [1.54, 1.807) is 21.2 Å². The van der Waals surface area contributed by atoms with Crippen LogP contribution in [0.15, 0.2) is 28.0 Å². The second kappa shape index (κ2) is 5.49. The number of nitrogens with zero attached hydrogens (tertiary/aromatic N) is 3. The van der Waals surface area contributed by atoms with Crippen molar-refractivity contribution in [3.8, 4) is 0 Å². The molecule has 2 aromatic heterocycles. The maximum Gasteiger partial charge on any atom is 0.255 e. The van der Waals surface area contributed by atoms with Gasteiger partial charge in [0.15, 0.2) is 0 Å². The highest BCUT2D eigenvalue weighted by molar-refractivity contribution is 7.91. The monoisotopic (exact) mass is 340 g/mol. The molecule has 118 valence electrons. The number of hydrogen-bond donors (Lipinski definition) is 1. The summed E-state index contributed by atoms with van der Waals surface area (Å²) in [5.74, 6) is -0.169. The first-order valence-electron chi connectivity index (χ1n) is 6.77. The second-order valence-corrected chi connectivity index (χ2v) is 8.00. The summed E-state index contributed by atoms with van der Waals surface area (Å²) in [5.41, 5.74) is 1.36. The molecule has 1 amide bonds.